The van der Waals surface area contributed by atoms with Crippen molar-refractivity contribution in [3.63, 3.8) is 0 Å². The van der Waals surface area contributed by atoms with Gasteiger partial charge in [0.2, 0.25) is 0 Å². The molecule has 0 saturated heterocycles. The molecule has 80 valence electrons. The Balaban J connectivity index is 3.33. The highest BCUT2D eigenvalue weighted by molar-refractivity contribution is 5.58. The van der Waals surface area contributed by atoms with Gasteiger partial charge in [0.1, 0.15) is 0 Å². The Morgan fingerprint density at radius 2 is 1.93 bits per heavy atom. The maximum absolute atomic E-state index is 11.1. The predicted molar refractivity (Wildman–Crippen MR) is 55.9 cm³/mol. The summed E-state index contributed by atoms with van der Waals surface area (Å²) in [4.78, 5) is 38.3. The third-order valence-electron chi connectivity index (χ3n) is 1.58. The molecule has 0 radical (unpaired) electrons. The molecule has 0 amide bonds. The summed E-state index contributed by atoms with van der Waals surface area (Å²) in [5, 5.41) is 2.56. The Morgan fingerprint density at radius 3 is 2.47 bits per heavy atom. The number of hydrogen-bond donors (Lipinski definition) is 2. The predicted octanol–water partition coefficient (Wildman–Crippen LogP) is -0.00660. The van der Waals surface area contributed by atoms with Crippen molar-refractivity contribution >= 4 is 11.8 Å². The van der Waals surface area contributed by atoms with Crippen molar-refractivity contribution in [1.82, 2.24) is 14.9 Å². The molecule has 15 heavy (non-hydrogen) atoms. The minimum absolute atomic E-state index is 0.0902. The molecule has 1 heterocycles. The van der Waals surface area contributed by atoms with Crippen molar-refractivity contribution in [2.45, 2.75) is 0 Å². The van der Waals surface area contributed by atoms with E-state index in [9.17, 15) is 14.5 Å². The highest BCUT2D eigenvalue weighted by Crippen LogP contribution is 2.09. The second-order valence-corrected chi connectivity index (χ2v) is 3.04. The number of aromatic amines is 2. The molecule has 0 bridgehead atoms. The highest BCUT2D eigenvalue weighted by Gasteiger charge is 2.06. The minimum atomic E-state index is -0.799. The van der Waals surface area contributed by atoms with Gasteiger partial charge in [0.25, 0.3) is 5.56 Å². The Bertz CT molecular complexity index is 497. The van der Waals surface area contributed by atoms with Gasteiger partial charge in [-0.25, -0.2) is 4.79 Å². The summed E-state index contributed by atoms with van der Waals surface area (Å²) in [5.74, 6) is 0. The first-order chi connectivity index (χ1) is 7.04. The molecule has 0 spiro atoms. The number of rotatable bonds is 3. The second-order valence-electron chi connectivity index (χ2n) is 3.04. The smallest absolute Gasteiger partial charge is 0.326 e. The van der Waals surface area contributed by atoms with Crippen LogP contribution < -0.4 is 11.2 Å². The van der Waals surface area contributed by atoms with E-state index in [4.69, 9.17) is 0 Å². The average molecular weight is 210 g/mol. The molecule has 0 aliphatic heterocycles. The summed E-state index contributed by atoms with van der Waals surface area (Å²) < 4.78 is 0. The van der Waals surface area contributed by atoms with Gasteiger partial charge in [-0.1, -0.05) is 0 Å². The molecule has 1 aromatic heterocycles. The molecule has 0 aliphatic rings. The molecule has 0 unspecified atom stereocenters. The molecule has 1 aromatic rings. The van der Waals surface area contributed by atoms with Gasteiger partial charge in [-0.2, -0.15) is 0 Å². The number of hydrogen-bond acceptors (Lipinski definition) is 5. The third-order valence-corrected chi connectivity index (χ3v) is 1.58. The normalized spacial score (nSPS) is 10.5. The largest absolute Gasteiger partial charge is 0.383 e. The fraction of sp³-hybridized carbons (Fsp3) is 0.250. The van der Waals surface area contributed by atoms with Crippen LogP contribution in [0.1, 0.15) is 5.69 Å². The van der Waals surface area contributed by atoms with Gasteiger partial charge in [0.05, 0.1) is 5.69 Å². The lowest BCUT2D eigenvalue weighted by Gasteiger charge is -2.03. The first kappa shape index (κ1) is 10.9. The van der Waals surface area contributed by atoms with Crippen LogP contribution in [0, 0.1) is 4.91 Å². The maximum atomic E-state index is 11.1. The summed E-state index contributed by atoms with van der Waals surface area (Å²) in [6.45, 7) is 0. The zero-order valence-corrected chi connectivity index (χ0v) is 8.27. The molecule has 7 nitrogen and oxygen atoms in total. The van der Waals surface area contributed by atoms with Crippen molar-refractivity contribution < 1.29 is 0 Å². The van der Waals surface area contributed by atoms with E-state index in [2.05, 4.69) is 10.2 Å². The Hall–Kier alpha value is -2.18. The van der Waals surface area contributed by atoms with E-state index in [1.165, 1.54) is 6.08 Å². The molecule has 0 aromatic carbocycles. The molecule has 7 heteroatoms. The van der Waals surface area contributed by atoms with E-state index >= 15 is 0 Å². The van der Waals surface area contributed by atoms with Gasteiger partial charge < -0.3 is 9.88 Å². The quantitative estimate of drug-likeness (QED) is 0.685. The van der Waals surface area contributed by atoms with Crippen molar-refractivity contribution in [1.29, 1.82) is 0 Å². The molecule has 0 fully saturated rings. The van der Waals surface area contributed by atoms with Gasteiger partial charge >= 0.3 is 5.69 Å². The van der Waals surface area contributed by atoms with E-state index in [-0.39, 0.29) is 11.4 Å². The van der Waals surface area contributed by atoms with E-state index < -0.39 is 11.2 Å². The Labute approximate surface area is 84.4 Å². The minimum Gasteiger partial charge on any atom is -0.383 e. The molecule has 1 rings (SSSR count). The van der Waals surface area contributed by atoms with Gasteiger partial charge in [-0.05, 0) is 11.3 Å². The van der Waals surface area contributed by atoms with Crippen LogP contribution in [0.4, 0.5) is 5.69 Å². The van der Waals surface area contributed by atoms with Crippen molar-refractivity contribution in [3.05, 3.63) is 37.6 Å². The van der Waals surface area contributed by atoms with Crippen LogP contribution >= 0.6 is 0 Å². The summed E-state index contributed by atoms with van der Waals surface area (Å²) in [7, 11) is 3.52. The summed E-state index contributed by atoms with van der Waals surface area (Å²) in [5.41, 5.74) is -1.72. The lowest BCUT2D eigenvalue weighted by molar-refractivity contribution is 0.567. The van der Waals surface area contributed by atoms with Gasteiger partial charge in [0.15, 0.2) is 5.69 Å². The van der Waals surface area contributed by atoms with E-state index in [0.717, 1.165) is 0 Å². The van der Waals surface area contributed by atoms with E-state index in [0.29, 0.717) is 0 Å². The Morgan fingerprint density at radius 1 is 1.27 bits per heavy atom. The standard InChI is InChI=1S/C8H10N4O3/c1-12(2)4-3-5-6(11-15)7(13)10-8(14)9-5/h3-4H,1-2H3,(H2,9,10,13,14)/b4-3+. The monoisotopic (exact) mass is 210 g/mol. The summed E-state index contributed by atoms with van der Waals surface area (Å²) in [6.07, 6.45) is 3.01. The number of H-pyrrole nitrogens is 2. The van der Waals surface area contributed by atoms with Crippen LogP contribution in [-0.2, 0) is 0 Å². The second kappa shape index (κ2) is 4.36. The van der Waals surface area contributed by atoms with E-state index in [1.807, 2.05) is 4.98 Å². The summed E-state index contributed by atoms with van der Waals surface area (Å²) >= 11 is 0. The maximum Gasteiger partial charge on any atom is 0.326 e. The lowest BCUT2D eigenvalue weighted by Crippen LogP contribution is -2.22. The van der Waals surface area contributed by atoms with Crippen molar-refractivity contribution in [3.8, 4) is 0 Å². The zero-order valence-electron chi connectivity index (χ0n) is 8.27. The zero-order chi connectivity index (χ0) is 11.4. The van der Waals surface area contributed by atoms with Gasteiger partial charge in [-0.15, -0.1) is 4.91 Å². The molecule has 0 aliphatic carbocycles. The molecule has 0 atom stereocenters. The van der Waals surface area contributed by atoms with Crippen LogP contribution in [0.15, 0.2) is 21.0 Å². The van der Waals surface area contributed by atoms with E-state index in [1.54, 1.807) is 25.2 Å². The van der Waals surface area contributed by atoms with Crippen LogP contribution in [0.2, 0.25) is 0 Å². The SMILES string of the molecule is CN(C)/C=C/c1[nH]c(=O)[nH]c(=O)c1N=O. The Kier molecular flexibility index (Phi) is 3.17. The van der Waals surface area contributed by atoms with Crippen molar-refractivity contribution in [2.75, 3.05) is 14.1 Å². The first-order valence-electron chi connectivity index (χ1n) is 4.09. The fourth-order valence-corrected chi connectivity index (χ4v) is 0.932. The molecular formula is C8H10N4O3. The van der Waals surface area contributed by atoms with Crippen LogP contribution in [0.3, 0.4) is 0 Å². The van der Waals surface area contributed by atoms with Crippen LogP contribution in [-0.4, -0.2) is 29.0 Å². The summed E-state index contributed by atoms with van der Waals surface area (Å²) in [6, 6.07) is 0. The number of nitroso groups, excluding NO2 is 1. The number of nitrogens with one attached hydrogen (secondary N) is 2. The molecular weight excluding hydrogens is 200 g/mol. The first-order valence-corrected chi connectivity index (χ1v) is 4.09. The average Bonchev–Trinajstić information content (AvgIpc) is 2.13. The molecule has 0 saturated carbocycles. The van der Waals surface area contributed by atoms with Crippen LogP contribution in [0.5, 0.6) is 0 Å². The fourth-order valence-electron chi connectivity index (χ4n) is 0.932. The van der Waals surface area contributed by atoms with Gasteiger partial charge in [-0.3, -0.25) is 9.78 Å². The van der Waals surface area contributed by atoms with Crippen molar-refractivity contribution in [2.24, 2.45) is 5.18 Å². The highest BCUT2D eigenvalue weighted by atomic mass is 16.3. The van der Waals surface area contributed by atoms with Crippen LogP contribution in [0.25, 0.3) is 6.08 Å². The molecule has 2 N–H and O–H groups in total. The van der Waals surface area contributed by atoms with Gasteiger partial charge in [0, 0.05) is 20.3 Å². The number of aromatic nitrogens is 2. The number of nitrogens with zero attached hydrogens (tertiary/aromatic N) is 2. The topological polar surface area (TPSA) is 98.4 Å². The lowest BCUT2D eigenvalue weighted by atomic mass is 10.3. The third kappa shape index (κ3) is 2.63.